The van der Waals surface area contributed by atoms with E-state index in [0.717, 1.165) is 27.8 Å². The number of ketones is 1. The van der Waals surface area contributed by atoms with Crippen LogP contribution in [0.2, 0.25) is 0 Å². The first-order valence-electron chi connectivity index (χ1n) is 15.3. The Labute approximate surface area is 280 Å². The van der Waals surface area contributed by atoms with Crippen molar-refractivity contribution in [3.8, 4) is 11.1 Å². The summed E-state index contributed by atoms with van der Waals surface area (Å²) in [6.45, 7) is 12.7. The fourth-order valence-corrected chi connectivity index (χ4v) is 7.32. The third-order valence-corrected chi connectivity index (χ3v) is 9.55. The van der Waals surface area contributed by atoms with Gasteiger partial charge in [-0.2, -0.15) is 5.10 Å². The number of likely N-dealkylation sites (tertiary alicyclic amines) is 1. The standard InChI is InChI=1S/C34H35BrN8O4/c1-17-7-8-27(35)39-32(17)40-33(47)26-12-34(16-38-22(6)45)11-19(3)31(34)43(26)28(46)15-42-30-18(2)9-23(24-13-36-21(5)37-14-24)10-25(30)29(41-42)20(4)44/h7-10,13-14,26,31H,3,11-12,15-16H2,1-2,4-6H3,(H,38,45)(H,39,40,47)/t26-,31+,34+/m0/s1. The van der Waals surface area contributed by atoms with Gasteiger partial charge in [0.2, 0.25) is 17.7 Å². The first-order chi connectivity index (χ1) is 22.3. The SMILES string of the molecule is C=C1C[C@]2(CNC(C)=O)C[C@@H](C(=O)Nc3nc(Br)ccc3C)N(C(=O)Cn3nc(C(C)=O)c4cc(-c5cnc(C)nc5)cc(C)c43)[C@H]12. The number of Topliss-reactive ketones (excluding diaryl/α,β-unsaturated/α-hetero) is 1. The predicted molar refractivity (Wildman–Crippen MR) is 179 cm³/mol. The molecule has 1 aliphatic heterocycles. The Morgan fingerprint density at radius 3 is 2.43 bits per heavy atom. The lowest BCUT2D eigenvalue weighted by Gasteiger charge is -2.49. The van der Waals surface area contributed by atoms with E-state index < -0.39 is 17.5 Å². The molecule has 2 N–H and O–H groups in total. The van der Waals surface area contributed by atoms with Crippen molar-refractivity contribution in [1.29, 1.82) is 0 Å². The second-order valence-electron chi connectivity index (χ2n) is 12.6. The number of rotatable bonds is 8. The van der Waals surface area contributed by atoms with Crippen molar-refractivity contribution in [2.45, 2.75) is 66.1 Å². The van der Waals surface area contributed by atoms with Gasteiger partial charge >= 0.3 is 0 Å². The molecule has 1 aromatic carbocycles. The van der Waals surface area contributed by atoms with Crippen LogP contribution >= 0.6 is 15.9 Å². The van der Waals surface area contributed by atoms with Crippen LogP contribution in [0.3, 0.4) is 0 Å². The van der Waals surface area contributed by atoms with Crippen LogP contribution in [0.4, 0.5) is 5.82 Å². The second kappa shape index (κ2) is 12.1. The van der Waals surface area contributed by atoms with Crippen LogP contribution in [0.5, 0.6) is 0 Å². The Bertz CT molecular complexity index is 1990. The van der Waals surface area contributed by atoms with Crippen LogP contribution in [0.25, 0.3) is 22.0 Å². The Kier molecular flexibility index (Phi) is 8.29. The van der Waals surface area contributed by atoms with Crippen molar-refractivity contribution < 1.29 is 19.2 Å². The zero-order valence-electron chi connectivity index (χ0n) is 26.8. The van der Waals surface area contributed by atoms with Crippen LogP contribution in [-0.4, -0.2) is 71.8 Å². The number of hydrogen-bond acceptors (Lipinski definition) is 8. The molecular weight excluding hydrogens is 664 g/mol. The molecule has 4 heterocycles. The van der Waals surface area contributed by atoms with Crippen molar-refractivity contribution in [2.24, 2.45) is 5.41 Å². The van der Waals surface area contributed by atoms with E-state index in [0.29, 0.717) is 46.5 Å². The highest BCUT2D eigenvalue weighted by Crippen LogP contribution is 2.56. The van der Waals surface area contributed by atoms with Gasteiger partial charge in [0.05, 0.1) is 11.6 Å². The molecular formula is C34H35BrN8O4. The normalized spacial score (nSPS) is 20.1. The molecule has 3 atom stereocenters. The smallest absolute Gasteiger partial charge is 0.248 e. The zero-order valence-corrected chi connectivity index (χ0v) is 28.4. The third kappa shape index (κ3) is 5.84. The average molecular weight is 700 g/mol. The number of benzene rings is 1. The largest absolute Gasteiger partial charge is 0.356 e. The fraction of sp³-hybridized carbons (Fsp3) is 0.353. The Morgan fingerprint density at radius 2 is 1.77 bits per heavy atom. The first-order valence-corrected chi connectivity index (χ1v) is 16.1. The topological polar surface area (TPSA) is 152 Å². The number of carbonyl (C=O) groups excluding carboxylic acids is 4. The summed E-state index contributed by atoms with van der Waals surface area (Å²) in [6, 6.07) is 6.12. The van der Waals surface area contributed by atoms with Crippen molar-refractivity contribution in [1.82, 2.24) is 34.9 Å². The second-order valence-corrected chi connectivity index (χ2v) is 13.4. The number of anilines is 1. The van der Waals surface area contributed by atoms with Crippen molar-refractivity contribution in [3.63, 3.8) is 0 Å². The maximum absolute atomic E-state index is 14.4. The van der Waals surface area contributed by atoms with E-state index in [4.69, 9.17) is 0 Å². The molecule has 2 fully saturated rings. The summed E-state index contributed by atoms with van der Waals surface area (Å²) in [5.74, 6) is -0.131. The summed E-state index contributed by atoms with van der Waals surface area (Å²) < 4.78 is 2.11. The zero-order chi connectivity index (χ0) is 33.8. The van der Waals surface area contributed by atoms with Crippen LogP contribution in [0.15, 0.2) is 53.4 Å². The number of hydrogen-bond donors (Lipinski definition) is 2. The molecule has 0 radical (unpaired) electrons. The Morgan fingerprint density at radius 1 is 1.04 bits per heavy atom. The lowest BCUT2D eigenvalue weighted by molar-refractivity contribution is -0.140. The quantitative estimate of drug-likeness (QED) is 0.155. The van der Waals surface area contributed by atoms with E-state index in [1.165, 1.54) is 13.8 Å². The van der Waals surface area contributed by atoms with Gasteiger partial charge < -0.3 is 15.5 Å². The number of nitrogens with zero attached hydrogens (tertiary/aromatic N) is 6. The molecule has 47 heavy (non-hydrogen) atoms. The van der Waals surface area contributed by atoms with Gasteiger partial charge in [-0.3, -0.25) is 23.9 Å². The van der Waals surface area contributed by atoms with Gasteiger partial charge in [-0.05, 0) is 84.4 Å². The molecule has 2 aliphatic rings. The Balaban J connectivity index is 1.38. The van der Waals surface area contributed by atoms with Crippen LogP contribution in [-0.2, 0) is 20.9 Å². The minimum absolute atomic E-state index is 0.192. The van der Waals surface area contributed by atoms with Crippen molar-refractivity contribution >= 4 is 56.2 Å². The summed E-state index contributed by atoms with van der Waals surface area (Å²) in [4.78, 5) is 67.7. The highest BCUT2D eigenvalue weighted by atomic mass is 79.9. The summed E-state index contributed by atoms with van der Waals surface area (Å²) >= 11 is 3.36. The van der Waals surface area contributed by atoms with Gasteiger partial charge in [-0.25, -0.2) is 15.0 Å². The van der Waals surface area contributed by atoms with Gasteiger partial charge in [0.1, 0.15) is 34.5 Å². The summed E-state index contributed by atoms with van der Waals surface area (Å²) in [7, 11) is 0. The number of aromatic nitrogens is 5. The van der Waals surface area contributed by atoms with E-state index >= 15 is 0 Å². The number of carbonyl (C=O) groups is 4. The molecule has 0 spiro atoms. The lowest BCUT2D eigenvalue weighted by Crippen LogP contribution is -2.57. The molecule has 12 nitrogen and oxygen atoms in total. The van der Waals surface area contributed by atoms with E-state index in [1.807, 2.05) is 39.0 Å². The first kappa shape index (κ1) is 32.2. The highest BCUT2D eigenvalue weighted by Gasteiger charge is 2.62. The lowest BCUT2D eigenvalue weighted by atomic mass is 9.61. The van der Waals surface area contributed by atoms with Gasteiger partial charge in [0, 0.05) is 49.2 Å². The third-order valence-electron chi connectivity index (χ3n) is 9.11. The van der Waals surface area contributed by atoms with Gasteiger partial charge in [0.15, 0.2) is 5.78 Å². The minimum Gasteiger partial charge on any atom is -0.356 e. The van der Waals surface area contributed by atoms with Crippen molar-refractivity contribution in [2.75, 3.05) is 11.9 Å². The van der Waals surface area contributed by atoms with E-state index in [9.17, 15) is 19.2 Å². The predicted octanol–water partition coefficient (Wildman–Crippen LogP) is 4.47. The number of halogens is 1. The number of nitrogens with one attached hydrogen (secondary N) is 2. The van der Waals surface area contributed by atoms with E-state index in [1.54, 1.807) is 28.0 Å². The molecule has 0 bridgehead atoms. The van der Waals surface area contributed by atoms with E-state index in [2.05, 4.69) is 53.2 Å². The molecule has 3 aromatic heterocycles. The van der Waals surface area contributed by atoms with Gasteiger partial charge in [-0.15, -0.1) is 0 Å². The summed E-state index contributed by atoms with van der Waals surface area (Å²) in [5, 5.41) is 11.1. The number of fused-ring (bicyclic) bond motifs is 2. The van der Waals surface area contributed by atoms with E-state index in [-0.39, 0.29) is 35.7 Å². The number of pyridine rings is 1. The van der Waals surface area contributed by atoms with Crippen molar-refractivity contribution in [3.05, 3.63) is 76.1 Å². The maximum atomic E-state index is 14.4. The fourth-order valence-electron chi connectivity index (χ4n) is 7.01. The Hall–Kier alpha value is -4.78. The molecule has 242 valence electrons. The molecule has 4 aromatic rings. The van der Waals surface area contributed by atoms with Crippen LogP contribution < -0.4 is 10.6 Å². The van der Waals surface area contributed by atoms with Crippen LogP contribution in [0.1, 0.15) is 54.1 Å². The molecule has 1 aliphatic carbocycles. The molecule has 3 amide bonds. The minimum atomic E-state index is -0.857. The molecule has 1 saturated heterocycles. The maximum Gasteiger partial charge on any atom is 0.248 e. The molecule has 1 saturated carbocycles. The van der Waals surface area contributed by atoms with Crippen LogP contribution in [0, 0.1) is 26.2 Å². The highest BCUT2D eigenvalue weighted by molar-refractivity contribution is 9.10. The monoisotopic (exact) mass is 698 g/mol. The molecule has 0 unspecified atom stereocenters. The average Bonchev–Trinajstić information content (AvgIpc) is 3.51. The number of aryl methyl sites for hydroxylation is 3. The van der Waals surface area contributed by atoms with Gasteiger partial charge in [-0.1, -0.05) is 18.2 Å². The summed E-state index contributed by atoms with van der Waals surface area (Å²) in [5.41, 5.74) is 4.35. The molecule has 6 rings (SSSR count). The van der Waals surface area contributed by atoms with Gasteiger partial charge in [0.25, 0.3) is 0 Å². The number of amides is 3. The molecule has 13 heteroatoms. The summed E-state index contributed by atoms with van der Waals surface area (Å²) in [6.07, 6.45) is 4.37.